The molecule has 0 atom stereocenters. The third kappa shape index (κ3) is 3.99. The molecule has 0 bridgehead atoms. The number of fused-ring (bicyclic) bond motifs is 1. The highest BCUT2D eigenvalue weighted by atomic mass is 16.5. The molecule has 0 aliphatic heterocycles. The summed E-state index contributed by atoms with van der Waals surface area (Å²) in [7, 11) is 0. The number of rotatable bonds is 7. The van der Waals surface area contributed by atoms with Gasteiger partial charge in [0.15, 0.2) is 11.5 Å². The van der Waals surface area contributed by atoms with Crippen LogP contribution in [0.15, 0.2) is 42.5 Å². The molecule has 0 radical (unpaired) electrons. The van der Waals surface area contributed by atoms with E-state index < -0.39 is 0 Å². The fraction of sp³-hybridized carbons (Fsp3) is 0.286. The van der Waals surface area contributed by atoms with Crippen molar-refractivity contribution < 1.29 is 14.3 Å². The van der Waals surface area contributed by atoms with Crippen LogP contribution in [0.25, 0.3) is 10.9 Å². The Morgan fingerprint density at radius 3 is 2.54 bits per heavy atom. The molecule has 0 unspecified atom stereocenters. The molecule has 1 heterocycles. The maximum Gasteiger partial charge on any atom is 0.251 e. The van der Waals surface area contributed by atoms with Crippen molar-refractivity contribution in [1.29, 1.82) is 0 Å². The average molecular weight is 352 g/mol. The highest BCUT2D eigenvalue weighted by Crippen LogP contribution is 2.28. The van der Waals surface area contributed by atoms with Gasteiger partial charge in [-0.1, -0.05) is 6.07 Å². The van der Waals surface area contributed by atoms with Crippen LogP contribution in [0.3, 0.4) is 0 Å². The zero-order valence-corrected chi connectivity index (χ0v) is 15.4. The van der Waals surface area contributed by atoms with Gasteiger partial charge >= 0.3 is 0 Å². The van der Waals surface area contributed by atoms with Gasteiger partial charge in [0.25, 0.3) is 5.91 Å². The zero-order chi connectivity index (χ0) is 18.5. The maximum absolute atomic E-state index is 12.5. The number of amides is 1. The minimum absolute atomic E-state index is 0.139. The van der Waals surface area contributed by atoms with Gasteiger partial charge in [-0.25, -0.2) is 0 Å². The molecule has 5 nitrogen and oxygen atoms in total. The summed E-state index contributed by atoms with van der Waals surface area (Å²) in [6.45, 7) is 7.38. The maximum atomic E-state index is 12.5. The number of hydrogen-bond donors (Lipinski definition) is 2. The van der Waals surface area contributed by atoms with Gasteiger partial charge in [0.1, 0.15) is 0 Å². The van der Waals surface area contributed by atoms with Gasteiger partial charge in [0, 0.05) is 23.3 Å². The molecule has 2 N–H and O–H groups in total. The number of benzene rings is 2. The molecule has 136 valence electrons. The quantitative estimate of drug-likeness (QED) is 0.670. The standard InChI is InChI=1S/C21H24N2O3/c1-4-25-19-9-7-16(12-20(19)26-5-2)21(24)22-13-15-6-8-18-17(11-15)10-14(3)23-18/h6-12,23H,4-5,13H2,1-3H3,(H,22,24). The van der Waals surface area contributed by atoms with Crippen LogP contribution in [-0.4, -0.2) is 24.1 Å². The molecule has 26 heavy (non-hydrogen) atoms. The molecule has 5 heteroatoms. The number of aromatic nitrogens is 1. The van der Waals surface area contributed by atoms with E-state index in [1.165, 1.54) is 0 Å². The summed E-state index contributed by atoms with van der Waals surface area (Å²) in [5.41, 5.74) is 3.83. The summed E-state index contributed by atoms with van der Waals surface area (Å²) in [6.07, 6.45) is 0. The van der Waals surface area contributed by atoms with Crippen molar-refractivity contribution in [3.05, 3.63) is 59.3 Å². The Labute approximate surface area is 153 Å². The number of aryl methyl sites for hydroxylation is 1. The van der Waals surface area contributed by atoms with Crippen molar-refractivity contribution in [2.24, 2.45) is 0 Å². The number of ether oxygens (including phenoxy) is 2. The zero-order valence-electron chi connectivity index (χ0n) is 15.4. The topological polar surface area (TPSA) is 63.3 Å². The lowest BCUT2D eigenvalue weighted by atomic mass is 10.1. The Morgan fingerprint density at radius 2 is 1.77 bits per heavy atom. The van der Waals surface area contributed by atoms with E-state index in [1.807, 2.05) is 32.9 Å². The molecule has 0 fully saturated rings. The molecule has 0 saturated heterocycles. The molecule has 0 spiro atoms. The minimum Gasteiger partial charge on any atom is -0.490 e. The van der Waals surface area contributed by atoms with E-state index in [0.29, 0.717) is 36.8 Å². The Hall–Kier alpha value is -2.95. The number of hydrogen-bond acceptors (Lipinski definition) is 3. The number of carbonyl (C=O) groups excluding carboxylic acids is 1. The Bertz CT molecular complexity index is 915. The molecular formula is C21H24N2O3. The van der Waals surface area contributed by atoms with Crippen LogP contribution in [0.2, 0.25) is 0 Å². The first-order valence-electron chi connectivity index (χ1n) is 8.86. The second-order valence-electron chi connectivity index (χ2n) is 6.08. The van der Waals surface area contributed by atoms with E-state index in [4.69, 9.17) is 9.47 Å². The van der Waals surface area contributed by atoms with E-state index >= 15 is 0 Å². The first-order valence-corrected chi connectivity index (χ1v) is 8.86. The molecular weight excluding hydrogens is 328 g/mol. The van der Waals surface area contributed by atoms with Gasteiger partial charge in [-0.3, -0.25) is 4.79 Å². The van der Waals surface area contributed by atoms with E-state index in [1.54, 1.807) is 18.2 Å². The third-order valence-corrected chi connectivity index (χ3v) is 4.08. The molecule has 2 aromatic carbocycles. The Kier molecular flexibility index (Phi) is 5.46. The van der Waals surface area contributed by atoms with Crippen molar-refractivity contribution in [3.63, 3.8) is 0 Å². The molecule has 0 saturated carbocycles. The van der Waals surface area contributed by atoms with Gasteiger partial charge in [0.2, 0.25) is 0 Å². The van der Waals surface area contributed by atoms with Gasteiger partial charge in [-0.15, -0.1) is 0 Å². The Balaban J connectivity index is 1.71. The highest BCUT2D eigenvalue weighted by Gasteiger charge is 2.11. The first kappa shape index (κ1) is 17.9. The number of H-pyrrole nitrogens is 1. The largest absolute Gasteiger partial charge is 0.490 e. The van der Waals surface area contributed by atoms with Crippen LogP contribution in [-0.2, 0) is 6.54 Å². The lowest BCUT2D eigenvalue weighted by molar-refractivity contribution is 0.0950. The van der Waals surface area contributed by atoms with Crippen LogP contribution in [0, 0.1) is 6.92 Å². The predicted octanol–water partition coefficient (Wildman–Crippen LogP) is 4.20. The SMILES string of the molecule is CCOc1ccc(C(=O)NCc2ccc3[nH]c(C)cc3c2)cc1OCC. The summed E-state index contributed by atoms with van der Waals surface area (Å²) in [5, 5.41) is 4.11. The van der Waals surface area contributed by atoms with Gasteiger partial charge < -0.3 is 19.8 Å². The van der Waals surface area contributed by atoms with Crippen molar-refractivity contribution in [3.8, 4) is 11.5 Å². The average Bonchev–Trinajstić information content (AvgIpc) is 3.00. The lowest BCUT2D eigenvalue weighted by Gasteiger charge is -2.12. The molecule has 1 aromatic heterocycles. The second-order valence-corrected chi connectivity index (χ2v) is 6.08. The third-order valence-electron chi connectivity index (χ3n) is 4.08. The summed E-state index contributed by atoms with van der Waals surface area (Å²) >= 11 is 0. The van der Waals surface area contributed by atoms with Crippen molar-refractivity contribution >= 4 is 16.8 Å². The summed E-state index contributed by atoms with van der Waals surface area (Å²) < 4.78 is 11.1. The van der Waals surface area contributed by atoms with E-state index in [2.05, 4.69) is 22.4 Å². The molecule has 3 aromatic rings. The number of aromatic amines is 1. The van der Waals surface area contributed by atoms with Crippen LogP contribution in [0.1, 0.15) is 35.5 Å². The smallest absolute Gasteiger partial charge is 0.251 e. The fourth-order valence-electron chi connectivity index (χ4n) is 2.91. The fourth-order valence-corrected chi connectivity index (χ4v) is 2.91. The number of carbonyl (C=O) groups is 1. The predicted molar refractivity (Wildman–Crippen MR) is 103 cm³/mol. The van der Waals surface area contributed by atoms with Gasteiger partial charge in [-0.05, 0) is 68.1 Å². The molecule has 1 amide bonds. The first-order chi connectivity index (χ1) is 12.6. The highest BCUT2D eigenvalue weighted by molar-refractivity contribution is 5.95. The van der Waals surface area contributed by atoms with Crippen LogP contribution >= 0.6 is 0 Å². The minimum atomic E-state index is -0.139. The summed E-state index contributed by atoms with van der Waals surface area (Å²) in [6, 6.07) is 13.5. The van der Waals surface area contributed by atoms with E-state index in [-0.39, 0.29) is 5.91 Å². The Morgan fingerprint density at radius 1 is 1.00 bits per heavy atom. The van der Waals surface area contributed by atoms with Crippen molar-refractivity contribution in [2.45, 2.75) is 27.3 Å². The molecule has 0 aliphatic carbocycles. The molecule has 3 rings (SSSR count). The van der Waals surface area contributed by atoms with Crippen LogP contribution in [0.5, 0.6) is 11.5 Å². The monoisotopic (exact) mass is 352 g/mol. The van der Waals surface area contributed by atoms with Gasteiger partial charge in [0.05, 0.1) is 13.2 Å². The van der Waals surface area contributed by atoms with E-state index in [9.17, 15) is 4.79 Å². The second kappa shape index (κ2) is 7.95. The normalized spacial score (nSPS) is 10.7. The van der Waals surface area contributed by atoms with Crippen LogP contribution < -0.4 is 14.8 Å². The summed E-state index contributed by atoms with van der Waals surface area (Å²) in [5.74, 6) is 1.10. The molecule has 0 aliphatic rings. The summed E-state index contributed by atoms with van der Waals surface area (Å²) in [4.78, 5) is 15.8. The van der Waals surface area contributed by atoms with Crippen molar-refractivity contribution in [2.75, 3.05) is 13.2 Å². The number of nitrogens with one attached hydrogen (secondary N) is 2. The van der Waals surface area contributed by atoms with Crippen molar-refractivity contribution in [1.82, 2.24) is 10.3 Å². The van der Waals surface area contributed by atoms with Crippen LogP contribution in [0.4, 0.5) is 0 Å². The van der Waals surface area contributed by atoms with E-state index in [0.717, 1.165) is 22.2 Å². The van der Waals surface area contributed by atoms with Gasteiger partial charge in [-0.2, -0.15) is 0 Å². The lowest BCUT2D eigenvalue weighted by Crippen LogP contribution is -2.22.